The number of carbonyl (C=O) groups excluding carboxylic acids is 1. The minimum Gasteiger partial charge on any atom is -0.383 e. The van der Waals surface area contributed by atoms with Gasteiger partial charge in [-0.05, 0) is 6.92 Å². The minimum absolute atomic E-state index is 0.294. The summed E-state index contributed by atoms with van der Waals surface area (Å²) in [6.07, 6.45) is 3.32. The summed E-state index contributed by atoms with van der Waals surface area (Å²) < 4.78 is 6.66. The van der Waals surface area contributed by atoms with Crippen LogP contribution in [0.3, 0.4) is 0 Å². The molecule has 2 heterocycles. The standard InChI is InChI=1S/C11H16N6O2S/c1-3-12-11-16-15-10(20-11)9(18)14-8-6-13-17(7-8)4-5-19-2/h6-7H,3-5H2,1-2H3,(H,12,16)(H,14,18). The van der Waals surface area contributed by atoms with Crippen molar-refractivity contribution in [1.29, 1.82) is 0 Å². The van der Waals surface area contributed by atoms with E-state index in [2.05, 4.69) is 25.9 Å². The number of hydrogen-bond donors (Lipinski definition) is 2. The van der Waals surface area contributed by atoms with Gasteiger partial charge in [-0.15, -0.1) is 10.2 Å². The van der Waals surface area contributed by atoms with Gasteiger partial charge >= 0.3 is 0 Å². The van der Waals surface area contributed by atoms with E-state index in [1.807, 2.05) is 6.92 Å². The molecule has 2 aromatic rings. The van der Waals surface area contributed by atoms with Crippen LogP contribution in [0.4, 0.5) is 10.8 Å². The second kappa shape index (κ2) is 6.96. The molecule has 0 unspecified atom stereocenters. The van der Waals surface area contributed by atoms with Crippen molar-refractivity contribution in [2.75, 3.05) is 30.9 Å². The van der Waals surface area contributed by atoms with E-state index < -0.39 is 0 Å². The maximum atomic E-state index is 12.0. The third-order valence-electron chi connectivity index (χ3n) is 2.36. The Hall–Kier alpha value is -2.00. The van der Waals surface area contributed by atoms with Gasteiger partial charge in [0.1, 0.15) is 0 Å². The van der Waals surface area contributed by atoms with Gasteiger partial charge in [-0.1, -0.05) is 11.3 Å². The minimum atomic E-state index is -0.294. The molecule has 0 aliphatic heterocycles. The maximum absolute atomic E-state index is 12.0. The molecular weight excluding hydrogens is 280 g/mol. The summed E-state index contributed by atoms with van der Waals surface area (Å²) >= 11 is 1.21. The number of nitrogens with one attached hydrogen (secondary N) is 2. The van der Waals surface area contributed by atoms with Gasteiger partial charge in [0, 0.05) is 19.9 Å². The van der Waals surface area contributed by atoms with Crippen molar-refractivity contribution in [2.24, 2.45) is 0 Å². The highest BCUT2D eigenvalue weighted by molar-refractivity contribution is 7.17. The number of aromatic nitrogens is 4. The van der Waals surface area contributed by atoms with Gasteiger partial charge in [0.15, 0.2) is 0 Å². The molecule has 2 N–H and O–H groups in total. The number of methoxy groups -OCH3 is 1. The molecule has 8 nitrogen and oxygen atoms in total. The summed E-state index contributed by atoms with van der Waals surface area (Å²) in [6.45, 7) is 3.89. The van der Waals surface area contributed by atoms with Gasteiger partial charge < -0.3 is 15.4 Å². The molecule has 0 bridgehead atoms. The number of nitrogens with zero attached hydrogens (tertiary/aromatic N) is 4. The van der Waals surface area contributed by atoms with E-state index >= 15 is 0 Å². The fourth-order valence-corrected chi connectivity index (χ4v) is 2.16. The van der Waals surface area contributed by atoms with E-state index in [9.17, 15) is 4.79 Å². The first-order chi connectivity index (χ1) is 9.72. The predicted molar refractivity (Wildman–Crippen MR) is 76.1 cm³/mol. The van der Waals surface area contributed by atoms with Gasteiger partial charge in [-0.25, -0.2) is 0 Å². The van der Waals surface area contributed by atoms with Gasteiger partial charge in [0.05, 0.1) is 25.0 Å². The molecule has 0 aliphatic carbocycles. The van der Waals surface area contributed by atoms with Gasteiger partial charge in [-0.3, -0.25) is 9.48 Å². The van der Waals surface area contributed by atoms with Crippen LogP contribution >= 0.6 is 11.3 Å². The number of anilines is 2. The van der Waals surface area contributed by atoms with Crippen LogP contribution in [-0.4, -0.2) is 46.1 Å². The van der Waals surface area contributed by atoms with Crippen molar-refractivity contribution < 1.29 is 9.53 Å². The van der Waals surface area contributed by atoms with Crippen LogP contribution in [0.5, 0.6) is 0 Å². The highest BCUT2D eigenvalue weighted by Gasteiger charge is 2.13. The van der Waals surface area contributed by atoms with Crippen LogP contribution in [0.2, 0.25) is 0 Å². The summed E-state index contributed by atoms with van der Waals surface area (Å²) in [6, 6.07) is 0. The topological polar surface area (TPSA) is 94.0 Å². The van der Waals surface area contributed by atoms with E-state index in [4.69, 9.17) is 4.74 Å². The highest BCUT2D eigenvalue weighted by atomic mass is 32.1. The van der Waals surface area contributed by atoms with Crippen LogP contribution < -0.4 is 10.6 Å². The van der Waals surface area contributed by atoms with Gasteiger partial charge in [-0.2, -0.15) is 5.10 Å². The SMILES string of the molecule is CCNc1nnc(C(=O)Nc2cnn(CCOC)c2)s1. The van der Waals surface area contributed by atoms with Crippen molar-refractivity contribution in [3.8, 4) is 0 Å². The van der Waals surface area contributed by atoms with E-state index in [0.717, 1.165) is 6.54 Å². The lowest BCUT2D eigenvalue weighted by molar-refractivity contribution is 0.102. The molecule has 0 aromatic carbocycles. The monoisotopic (exact) mass is 296 g/mol. The number of hydrogen-bond acceptors (Lipinski definition) is 7. The normalized spacial score (nSPS) is 10.5. The van der Waals surface area contributed by atoms with E-state index in [0.29, 0.717) is 29.0 Å². The lowest BCUT2D eigenvalue weighted by Gasteiger charge is -1.99. The number of rotatable bonds is 7. The van der Waals surface area contributed by atoms with Gasteiger partial charge in [0.2, 0.25) is 10.1 Å². The summed E-state index contributed by atoms with van der Waals surface area (Å²) in [4.78, 5) is 12.0. The third kappa shape index (κ3) is 3.75. The zero-order chi connectivity index (χ0) is 14.4. The maximum Gasteiger partial charge on any atom is 0.286 e. The molecule has 108 valence electrons. The van der Waals surface area contributed by atoms with Crippen molar-refractivity contribution >= 4 is 28.1 Å². The molecule has 20 heavy (non-hydrogen) atoms. The first-order valence-electron chi connectivity index (χ1n) is 6.13. The van der Waals surface area contributed by atoms with Crippen molar-refractivity contribution in [1.82, 2.24) is 20.0 Å². The quantitative estimate of drug-likeness (QED) is 0.793. The number of amides is 1. The number of carbonyl (C=O) groups is 1. The summed E-state index contributed by atoms with van der Waals surface area (Å²) in [5.41, 5.74) is 0.617. The Bertz CT molecular complexity index is 567. The van der Waals surface area contributed by atoms with Crippen LogP contribution in [-0.2, 0) is 11.3 Å². The zero-order valence-electron chi connectivity index (χ0n) is 11.3. The lowest BCUT2D eigenvalue weighted by Crippen LogP contribution is -2.11. The Labute approximate surface area is 120 Å². The Morgan fingerprint density at radius 3 is 3.10 bits per heavy atom. The van der Waals surface area contributed by atoms with Crippen molar-refractivity contribution in [3.05, 3.63) is 17.4 Å². The third-order valence-corrected chi connectivity index (χ3v) is 3.24. The van der Waals surface area contributed by atoms with Crippen LogP contribution in [0, 0.1) is 0 Å². The fraction of sp³-hybridized carbons (Fsp3) is 0.455. The van der Waals surface area contributed by atoms with E-state index in [1.54, 1.807) is 24.2 Å². The molecule has 2 aromatic heterocycles. The van der Waals surface area contributed by atoms with Crippen LogP contribution in [0.1, 0.15) is 16.7 Å². The Morgan fingerprint density at radius 1 is 1.50 bits per heavy atom. The van der Waals surface area contributed by atoms with Crippen molar-refractivity contribution in [2.45, 2.75) is 13.5 Å². The van der Waals surface area contributed by atoms with E-state index in [1.165, 1.54) is 11.3 Å². The molecule has 0 radical (unpaired) electrons. The first-order valence-corrected chi connectivity index (χ1v) is 6.94. The molecular formula is C11H16N6O2S. The largest absolute Gasteiger partial charge is 0.383 e. The molecule has 2 rings (SSSR count). The van der Waals surface area contributed by atoms with Crippen molar-refractivity contribution in [3.63, 3.8) is 0 Å². The summed E-state index contributed by atoms with van der Waals surface area (Å²) in [5.74, 6) is -0.294. The molecule has 0 saturated heterocycles. The molecule has 0 saturated carbocycles. The molecule has 1 amide bonds. The number of ether oxygens (including phenoxy) is 1. The first kappa shape index (κ1) is 14.4. The highest BCUT2D eigenvalue weighted by Crippen LogP contribution is 2.16. The summed E-state index contributed by atoms with van der Waals surface area (Å²) in [7, 11) is 1.63. The lowest BCUT2D eigenvalue weighted by atomic mass is 10.5. The Balaban J connectivity index is 1.94. The average molecular weight is 296 g/mol. The second-order valence-corrected chi connectivity index (χ2v) is 4.86. The fourth-order valence-electron chi connectivity index (χ4n) is 1.46. The molecule has 0 fully saturated rings. The Morgan fingerprint density at radius 2 is 2.35 bits per heavy atom. The molecule has 9 heteroatoms. The smallest absolute Gasteiger partial charge is 0.286 e. The van der Waals surface area contributed by atoms with Crippen LogP contribution in [0.25, 0.3) is 0 Å². The van der Waals surface area contributed by atoms with Gasteiger partial charge in [0.25, 0.3) is 5.91 Å². The second-order valence-electron chi connectivity index (χ2n) is 3.88. The average Bonchev–Trinajstić information content (AvgIpc) is 3.06. The van der Waals surface area contributed by atoms with Crippen LogP contribution in [0.15, 0.2) is 12.4 Å². The molecule has 0 atom stereocenters. The zero-order valence-corrected chi connectivity index (χ0v) is 12.1. The molecule has 0 aliphatic rings. The predicted octanol–water partition coefficient (Wildman–Crippen LogP) is 1.07. The summed E-state index contributed by atoms with van der Waals surface area (Å²) in [5, 5.41) is 18.5. The van der Waals surface area contributed by atoms with E-state index in [-0.39, 0.29) is 5.91 Å². The Kier molecular flexibility index (Phi) is 5.02. The molecule has 0 spiro atoms.